The van der Waals surface area contributed by atoms with E-state index in [-0.39, 0.29) is 11.3 Å². The molecule has 0 aromatic rings. The Morgan fingerprint density at radius 1 is 1.46 bits per heavy atom. The molecular formula is C10H20BrNO. The highest BCUT2D eigenvalue weighted by Gasteiger charge is 2.17. The standard InChI is InChI=1S/C10H20BrNO/c1-4-9(13)12-8-10(2,3)6-5-7-11/h4-8H2,1-3H3,(H,12,13). The zero-order valence-electron chi connectivity index (χ0n) is 8.82. The molecule has 2 nitrogen and oxygen atoms in total. The van der Waals surface area contributed by atoms with Crippen LogP contribution in [-0.4, -0.2) is 17.8 Å². The molecule has 0 aliphatic carbocycles. The quantitative estimate of drug-likeness (QED) is 0.721. The molecule has 0 unspecified atom stereocenters. The van der Waals surface area contributed by atoms with Crippen LogP contribution < -0.4 is 5.32 Å². The van der Waals surface area contributed by atoms with E-state index in [4.69, 9.17) is 0 Å². The van der Waals surface area contributed by atoms with Crippen molar-refractivity contribution in [2.45, 2.75) is 40.0 Å². The number of amides is 1. The molecule has 0 saturated carbocycles. The topological polar surface area (TPSA) is 29.1 Å². The Balaban J connectivity index is 3.67. The second-order valence-corrected chi connectivity index (χ2v) is 4.88. The molecule has 0 bridgehead atoms. The Morgan fingerprint density at radius 3 is 2.54 bits per heavy atom. The van der Waals surface area contributed by atoms with Crippen molar-refractivity contribution in [2.24, 2.45) is 5.41 Å². The first-order chi connectivity index (χ1) is 6.02. The van der Waals surface area contributed by atoms with Crippen LogP contribution in [0.5, 0.6) is 0 Å². The molecule has 1 amide bonds. The van der Waals surface area contributed by atoms with Crippen molar-refractivity contribution in [3.63, 3.8) is 0 Å². The number of alkyl halides is 1. The van der Waals surface area contributed by atoms with Gasteiger partial charge in [0.15, 0.2) is 0 Å². The van der Waals surface area contributed by atoms with E-state index >= 15 is 0 Å². The van der Waals surface area contributed by atoms with E-state index in [1.807, 2.05) is 6.92 Å². The number of carbonyl (C=O) groups excluding carboxylic acids is 1. The fourth-order valence-electron chi connectivity index (χ4n) is 1.10. The third-order valence-electron chi connectivity index (χ3n) is 2.07. The van der Waals surface area contributed by atoms with Crippen molar-refractivity contribution >= 4 is 21.8 Å². The van der Waals surface area contributed by atoms with Gasteiger partial charge in [0.1, 0.15) is 0 Å². The summed E-state index contributed by atoms with van der Waals surface area (Å²) in [5.41, 5.74) is 0.221. The summed E-state index contributed by atoms with van der Waals surface area (Å²) in [7, 11) is 0. The lowest BCUT2D eigenvalue weighted by Crippen LogP contribution is -2.33. The van der Waals surface area contributed by atoms with Gasteiger partial charge in [0, 0.05) is 18.3 Å². The molecule has 0 spiro atoms. The summed E-state index contributed by atoms with van der Waals surface area (Å²) in [6.07, 6.45) is 2.88. The second kappa shape index (κ2) is 6.41. The van der Waals surface area contributed by atoms with Gasteiger partial charge in [-0.05, 0) is 18.3 Å². The van der Waals surface area contributed by atoms with Crippen molar-refractivity contribution in [1.29, 1.82) is 0 Å². The maximum Gasteiger partial charge on any atom is 0.219 e. The Labute approximate surface area is 89.6 Å². The van der Waals surface area contributed by atoms with Gasteiger partial charge < -0.3 is 5.32 Å². The summed E-state index contributed by atoms with van der Waals surface area (Å²) < 4.78 is 0. The predicted octanol–water partition coefficient (Wildman–Crippen LogP) is 2.71. The highest BCUT2D eigenvalue weighted by atomic mass is 79.9. The van der Waals surface area contributed by atoms with Gasteiger partial charge in [0.05, 0.1) is 0 Å². The first-order valence-corrected chi connectivity index (χ1v) is 5.96. The second-order valence-electron chi connectivity index (χ2n) is 4.09. The van der Waals surface area contributed by atoms with Gasteiger partial charge in [-0.25, -0.2) is 0 Å². The van der Waals surface area contributed by atoms with E-state index in [9.17, 15) is 4.79 Å². The number of halogens is 1. The van der Waals surface area contributed by atoms with E-state index < -0.39 is 0 Å². The maximum absolute atomic E-state index is 11.0. The van der Waals surface area contributed by atoms with Crippen LogP contribution in [0.15, 0.2) is 0 Å². The van der Waals surface area contributed by atoms with Crippen LogP contribution in [0.1, 0.15) is 40.0 Å². The average Bonchev–Trinajstić information content (AvgIpc) is 2.11. The van der Waals surface area contributed by atoms with E-state index in [2.05, 4.69) is 35.1 Å². The minimum absolute atomic E-state index is 0.145. The third-order valence-corrected chi connectivity index (χ3v) is 2.63. The number of rotatable bonds is 6. The molecule has 0 aliphatic heterocycles. The number of nitrogens with one attached hydrogen (secondary N) is 1. The van der Waals surface area contributed by atoms with Crippen LogP contribution in [0.2, 0.25) is 0 Å². The molecule has 0 fully saturated rings. The highest BCUT2D eigenvalue weighted by Crippen LogP contribution is 2.21. The average molecular weight is 250 g/mol. The summed E-state index contributed by atoms with van der Waals surface area (Å²) >= 11 is 3.41. The minimum Gasteiger partial charge on any atom is -0.356 e. The lowest BCUT2D eigenvalue weighted by atomic mass is 9.88. The molecule has 1 N–H and O–H groups in total. The SMILES string of the molecule is CCC(=O)NCC(C)(C)CCCBr. The van der Waals surface area contributed by atoms with E-state index in [1.54, 1.807) is 0 Å². The van der Waals surface area contributed by atoms with Crippen LogP contribution in [0.4, 0.5) is 0 Å². The van der Waals surface area contributed by atoms with Crippen LogP contribution in [0.25, 0.3) is 0 Å². The zero-order valence-corrected chi connectivity index (χ0v) is 10.4. The number of carbonyl (C=O) groups is 1. The van der Waals surface area contributed by atoms with Gasteiger partial charge in [-0.1, -0.05) is 36.7 Å². The molecule has 0 radical (unpaired) electrons. The normalized spacial score (nSPS) is 11.4. The Bertz CT molecular complexity index is 157. The molecule has 0 saturated heterocycles. The first kappa shape index (κ1) is 12.9. The summed E-state index contributed by atoms with van der Waals surface area (Å²) in [6.45, 7) is 7.03. The largest absolute Gasteiger partial charge is 0.356 e. The number of hydrogen-bond donors (Lipinski definition) is 1. The van der Waals surface area contributed by atoms with Crippen LogP contribution in [0.3, 0.4) is 0 Å². The van der Waals surface area contributed by atoms with Crippen LogP contribution >= 0.6 is 15.9 Å². The summed E-state index contributed by atoms with van der Waals surface area (Å²) in [6, 6.07) is 0. The third kappa shape index (κ3) is 7.05. The molecule has 78 valence electrons. The molecular weight excluding hydrogens is 230 g/mol. The summed E-state index contributed by atoms with van der Waals surface area (Å²) in [4.78, 5) is 11.0. The highest BCUT2D eigenvalue weighted by molar-refractivity contribution is 9.09. The van der Waals surface area contributed by atoms with Gasteiger partial charge in [-0.3, -0.25) is 4.79 Å². The lowest BCUT2D eigenvalue weighted by Gasteiger charge is -2.24. The summed E-state index contributed by atoms with van der Waals surface area (Å²) in [5.74, 6) is 0.145. The molecule has 0 heterocycles. The fourth-order valence-corrected chi connectivity index (χ4v) is 1.38. The van der Waals surface area contributed by atoms with Crippen molar-refractivity contribution in [2.75, 3.05) is 11.9 Å². The van der Waals surface area contributed by atoms with Crippen molar-refractivity contribution in [1.82, 2.24) is 5.32 Å². The predicted molar refractivity (Wildman–Crippen MR) is 60.1 cm³/mol. The molecule has 0 rings (SSSR count). The minimum atomic E-state index is 0.145. The smallest absolute Gasteiger partial charge is 0.219 e. The van der Waals surface area contributed by atoms with E-state index in [0.717, 1.165) is 24.7 Å². The van der Waals surface area contributed by atoms with E-state index in [0.29, 0.717) is 6.42 Å². The Kier molecular flexibility index (Phi) is 6.39. The fraction of sp³-hybridized carbons (Fsp3) is 0.900. The van der Waals surface area contributed by atoms with Crippen LogP contribution in [-0.2, 0) is 4.79 Å². The molecule has 13 heavy (non-hydrogen) atoms. The van der Waals surface area contributed by atoms with E-state index in [1.165, 1.54) is 0 Å². The van der Waals surface area contributed by atoms with Gasteiger partial charge >= 0.3 is 0 Å². The van der Waals surface area contributed by atoms with Crippen molar-refractivity contribution in [3.8, 4) is 0 Å². The monoisotopic (exact) mass is 249 g/mol. The van der Waals surface area contributed by atoms with Gasteiger partial charge in [0.2, 0.25) is 5.91 Å². The molecule has 3 heteroatoms. The first-order valence-electron chi connectivity index (χ1n) is 4.84. The van der Waals surface area contributed by atoms with Gasteiger partial charge in [-0.15, -0.1) is 0 Å². The summed E-state index contributed by atoms with van der Waals surface area (Å²) in [5, 5.41) is 3.97. The zero-order chi connectivity index (χ0) is 10.3. The molecule has 0 atom stereocenters. The van der Waals surface area contributed by atoms with Gasteiger partial charge in [0.25, 0.3) is 0 Å². The maximum atomic E-state index is 11.0. The van der Waals surface area contributed by atoms with Crippen molar-refractivity contribution in [3.05, 3.63) is 0 Å². The Morgan fingerprint density at radius 2 is 2.08 bits per heavy atom. The van der Waals surface area contributed by atoms with Crippen molar-refractivity contribution < 1.29 is 4.79 Å². The molecule has 0 aromatic heterocycles. The molecule has 0 aliphatic rings. The van der Waals surface area contributed by atoms with Gasteiger partial charge in [-0.2, -0.15) is 0 Å². The van der Waals surface area contributed by atoms with Crippen LogP contribution in [0, 0.1) is 5.41 Å². The lowest BCUT2D eigenvalue weighted by molar-refractivity contribution is -0.121. The molecule has 0 aromatic carbocycles. The number of hydrogen-bond acceptors (Lipinski definition) is 1. The Hall–Kier alpha value is -0.0500.